The average Bonchev–Trinajstić information content (AvgIpc) is 2.44. The molecule has 0 aliphatic rings. The van der Waals surface area contributed by atoms with Gasteiger partial charge in [0.1, 0.15) is 5.82 Å². The van der Waals surface area contributed by atoms with Crippen LogP contribution in [0.1, 0.15) is 11.1 Å². The number of nitrogens with one attached hydrogen (secondary N) is 1. The van der Waals surface area contributed by atoms with E-state index in [1.165, 1.54) is 30.0 Å². The summed E-state index contributed by atoms with van der Waals surface area (Å²) in [7, 11) is 0. The van der Waals surface area contributed by atoms with Crippen molar-refractivity contribution in [1.82, 2.24) is 0 Å². The van der Waals surface area contributed by atoms with Crippen LogP contribution in [0.5, 0.6) is 0 Å². The predicted molar refractivity (Wildman–Crippen MR) is 86.1 cm³/mol. The first-order chi connectivity index (χ1) is 9.97. The zero-order chi connectivity index (χ0) is 15.4. The zero-order valence-corrected chi connectivity index (χ0v) is 12.8. The number of hydrogen-bond donors (Lipinski definition) is 2. The molecule has 0 atom stereocenters. The predicted octanol–water partition coefficient (Wildman–Crippen LogP) is 3.76. The summed E-state index contributed by atoms with van der Waals surface area (Å²) in [6.07, 6.45) is 0. The molecule has 3 nitrogen and oxygen atoms in total. The van der Waals surface area contributed by atoms with E-state index in [4.69, 9.17) is 5.73 Å². The summed E-state index contributed by atoms with van der Waals surface area (Å²) < 4.78 is 13.2. The highest BCUT2D eigenvalue weighted by Gasteiger charge is 2.09. The molecule has 21 heavy (non-hydrogen) atoms. The summed E-state index contributed by atoms with van der Waals surface area (Å²) in [6.45, 7) is 3.89. The molecule has 2 aromatic rings. The molecule has 0 saturated carbocycles. The van der Waals surface area contributed by atoms with Crippen LogP contribution in [0.4, 0.5) is 15.8 Å². The van der Waals surface area contributed by atoms with Gasteiger partial charge < -0.3 is 11.1 Å². The molecular weight excluding hydrogens is 287 g/mol. The second kappa shape index (κ2) is 6.63. The van der Waals surface area contributed by atoms with Gasteiger partial charge in [-0.05, 0) is 43.2 Å². The van der Waals surface area contributed by atoms with E-state index in [9.17, 15) is 9.18 Å². The molecule has 2 aromatic carbocycles. The Morgan fingerprint density at radius 1 is 1.24 bits per heavy atom. The third kappa shape index (κ3) is 3.98. The SMILES string of the molecule is Cc1cccc(C)c1NC(=O)CSc1cc(F)ccc1N. The van der Waals surface area contributed by atoms with Crippen molar-refractivity contribution in [1.29, 1.82) is 0 Å². The van der Waals surface area contributed by atoms with Gasteiger partial charge in [0.2, 0.25) is 5.91 Å². The second-order valence-electron chi connectivity index (χ2n) is 4.79. The van der Waals surface area contributed by atoms with Gasteiger partial charge in [0.05, 0.1) is 5.75 Å². The van der Waals surface area contributed by atoms with Crippen LogP contribution in [0, 0.1) is 19.7 Å². The number of thioether (sulfide) groups is 1. The second-order valence-corrected chi connectivity index (χ2v) is 5.80. The van der Waals surface area contributed by atoms with E-state index in [0.29, 0.717) is 10.6 Å². The van der Waals surface area contributed by atoms with Gasteiger partial charge in [-0.2, -0.15) is 0 Å². The van der Waals surface area contributed by atoms with Crippen LogP contribution in [-0.2, 0) is 4.79 Å². The van der Waals surface area contributed by atoms with Gasteiger partial charge >= 0.3 is 0 Å². The highest BCUT2D eigenvalue weighted by Crippen LogP contribution is 2.26. The first kappa shape index (κ1) is 15.4. The standard InChI is InChI=1S/C16H17FN2OS/c1-10-4-3-5-11(2)16(10)19-15(20)9-21-14-8-12(17)6-7-13(14)18/h3-8H,9,18H2,1-2H3,(H,19,20). The number of carbonyl (C=O) groups is 1. The Morgan fingerprint density at radius 2 is 1.90 bits per heavy atom. The molecule has 0 aromatic heterocycles. The molecule has 110 valence electrons. The lowest BCUT2D eigenvalue weighted by Gasteiger charge is -2.11. The summed E-state index contributed by atoms with van der Waals surface area (Å²) in [5, 5.41) is 2.89. The first-order valence-electron chi connectivity index (χ1n) is 6.51. The number of carbonyl (C=O) groups excluding carboxylic acids is 1. The number of anilines is 2. The van der Waals surface area contributed by atoms with Gasteiger partial charge in [-0.1, -0.05) is 18.2 Å². The fraction of sp³-hybridized carbons (Fsp3) is 0.188. The van der Waals surface area contributed by atoms with Crippen LogP contribution in [0.15, 0.2) is 41.3 Å². The minimum Gasteiger partial charge on any atom is -0.398 e. The number of benzene rings is 2. The topological polar surface area (TPSA) is 55.1 Å². The Kier molecular flexibility index (Phi) is 4.85. The van der Waals surface area contributed by atoms with E-state index in [1.807, 2.05) is 32.0 Å². The fourth-order valence-electron chi connectivity index (χ4n) is 1.96. The van der Waals surface area contributed by atoms with Gasteiger partial charge in [0, 0.05) is 16.3 Å². The van der Waals surface area contributed by atoms with Gasteiger partial charge in [0.25, 0.3) is 0 Å². The molecule has 1 amide bonds. The molecule has 0 radical (unpaired) electrons. The van der Waals surface area contributed by atoms with E-state index in [1.54, 1.807) is 0 Å². The average molecular weight is 304 g/mol. The largest absolute Gasteiger partial charge is 0.398 e. The highest BCUT2D eigenvalue weighted by atomic mass is 32.2. The maximum atomic E-state index is 13.2. The van der Waals surface area contributed by atoms with Crippen LogP contribution in [-0.4, -0.2) is 11.7 Å². The molecule has 0 bridgehead atoms. The molecule has 0 fully saturated rings. The number of amides is 1. The Bertz CT molecular complexity index is 653. The van der Waals surface area contributed by atoms with Crippen molar-refractivity contribution in [2.45, 2.75) is 18.7 Å². The molecule has 3 N–H and O–H groups in total. The van der Waals surface area contributed by atoms with Crippen LogP contribution in [0.3, 0.4) is 0 Å². The Morgan fingerprint density at radius 3 is 2.57 bits per heavy atom. The van der Waals surface area contributed by atoms with Crippen LogP contribution in [0.25, 0.3) is 0 Å². The quantitative estimate of drug-likeness (QED) is 0.668. The summed E-state index contributed by atoms with van der Waals surface area (Å²) in [4.78, 5) is 12.6. The molecule has 5 heteroatoms. The molecular formula is C16H17FN2OS. The smallest absolute Gasteiger partial charge is 0.234 e. The van der Waals surface area contributed by atoms with Crippen molar-refractivity contribution >= 4 is 29.0 Å². The van der Waals surface area contributed by atoms with Gasteiger partial charge in [-0.15, -0.1) is 11.8 Å². The Balaban J connectivity index is 2.01. The molecule has 0 spiro atoms. The van der Waals surface area contributed by atoms with Crippen molar-refractivity contribution in [2.75, 3.05) is 16.8 Å². The molecule has 0 saturated heterocycles. The van der Waals surface area contributed by atoms with Crippen molar-refractivity contribution in [3.05, 3.63) is 53.3 Å². The third-order valence-corrected chi connectivity index (χ3v) is 4.15. The molecule has 0 aliphatic carbocycles. The minimum atomic E-state index is -0.359. The van der Waals surface area contributed by atoms with E-state index >= 15 is 0 Å². The molecule has 0 unspecified atom stereocenters. The maximum absolute atomic E-state index is 13.2. The lowest BCUT2D eigenvalue weighted by Crippen LogP contribution is -2.15. The third-order valence-electron chi connectivity index (χ3n) is 3.08. The normalized spacial score (nSPS) is 10.4. The van der Waals surface area contributed by atoms with Gasteiger partial charge in [0.15, 0.2) is 0 Å². The lowest BCUT2D eigenvalue weighted by molar-refractivity contribution is -0.113. The van der Waals surface area contributed by atoms with Gasteiger partial charge in [-0.3, -0.25) is 4.79 Å². The highest BCUT2D eigenvalue weighted by molar-refractivity contribution is 8.00. The van der Waals surface area contributed by atoms with Crippen molar-refractivity contribution < 1.29 is 9.18 Å². The number of nitrogens with two attached hydrogens (primary N) is 1. The number of rotatable bonds is 4. The number of nitrogen functional groups attached to an aromatic ring is 1. The molecule has 0 aliphatic heterocycles. The minimum absolute atomic E-state index is 0.138. The summed E-state index contributed by atoms with van der Waals surface area (Å²) in [5.41, 5.74) is 9.08. The van der Waals surface area contributed by atoms with E-state index in [0.717, 1.165) is 16.8 Å². The van der Waals surface area contributed by atoms with Crippen LogP contribution >= 0.6 is 11.8 Å². The Labute approximate surface area is 127 Å². The van der Waals surface area contributed by atoms with Crippen LogP contribution in [0.2, 0.25) is 0 Å². The van der Waals surface area contributed by atoms with Crippen molar-refractivity contribution in [3.63, 3.8) is 0 Å². The van der Waals surface area contributed by atoms with E-state index in [-0.39, 0.29) is 17.5 Å². The fourth-order valence-corrected chi connectivity index (χ4v) is 2.75. The number of aryl methyl sites for hydroxylation is 2. The first-order valence-corrected chi connectivity index (χ1v) is 7.50. The number of halogens is 1. The molecule has 2 rings (SSSR count). The zero-order valence-electron chi connectivity index (χ0n) is 11.9. The van der Waals surface area contributed by atoms with Crippen molar-refractivity contribution in [3.8, 4) is 0 Å². The van der Waals surface area contributed by atoms with E-state index in [2.05, 4.69) is 5.32 Å². The summed E-state index contributed by atoms with van der Waals surface area (Å²) in [5.74, 6) is -0.315. The molecule has 0 heterocycles. The lowest BCUT2D eigenvalue weighted by atomic mass is 10.1. The maximum Gasteiger partial charge on any atom is 0.234 e. The number of hydrogen-bond acceptors (Lipinski definition) is 3. The monoisotopic (exact) mass is 304 g/mol. The number of para-hydroxylation sites is 1. The van der Waals surface area contributed by atoms with Crippen LogP contribution < -0.4 is 11.1 Å². The summed E-state index contributed by atoms with van der Waals surface area (Å²) >= 11 is 1.22. The van der Waals surface area contributed by atoms with Gasteiger partial charge in [-0.25, -0.2) is 4.39 Å². The van der Waals surface area contributed by atoms with Crippen molar-refractivity contribution in [2.24, 2.45) is 0 Å². The summed E-state index contributed by atoms with van der Waals surface area (Å²) in [6, 6.07) is 9.98. The Hall–Kier alpha value is -2.01. The van der Waals surface area contributed by atoms with E-state index < -0.39 is 0 Å².